The number of piperidine rings is 1. The van der Waals surface area contributed by atoms with Gasteiger partial charge >= 0.3 is 6.18 Å². The molecule has 1 fully saturated rings. The van der Waals surface area contributed by atoms with Crippen LogP contribution in [-0.2, 0) is 11.5 Å². The van der Waals surface area contributed by atoms with E-state index in [4.69, 9.17) is 0 Å². The minimum absolute atomic E-state index is 0.328. The lowest BCUT2D eigenvalue weighted by Gasteiger charge is -2.36. The third kappa shape index (κ3) is 3.93. The highest BCUT2D eigenvalue weighted by Crippen LogP contribution is 2.39. The van der Waals surface area contributed by atoms with Crippen molar-refractivity contribution in [1.82, 2.24) is 0 Å². The first-order valence-corrected chi connectivity index (χ1v) is 8.46. The average molecular weight is 364 g/mol. The molecule has 1 heterocycles. The SMILES string of the molecule is CC(C)C1CCN(c2ccc(CBr)cc2C(F)(F)F)CC1. The van der Waals surface area contributed by atoms with Crippen molar-refractivity contribution in [1.29, 1.82) is 0 Å². The number of halogens is 4. The van der Waals surface area contributed by atoms with Gasteiger partial charge in [-0.3, -0.25) is 0 Å². The Morgan fingerprint density at radius 1 is 1.24 bits per heavy atom. The van der Waals surface area contributed by atoms with E-state index in [-0.39, 0.29) is 0 Å². The van der Waals surface area contributed by atoms with Gasteiger partial charge in [0.1, 0.15) is 0 Å². The molecule has 0 aromatic heterocycles. The molecule has 1 nitrogen and oxygen atoms in total. The Bertz CT molecular complexity index is 477. The van der Waals surface area contributed by atoms with E-state index in [0.29, 0.717) is 41.5 Å². The van der Waals surface area contributed by atoms with Crippen LogP contribution >= 0.6 is 15.9 Å². The summed E-state index contributed by atoms with van der Waals surface area (Å²) in [4.78, 5) is 1.89. The topological polar surface area (TPSA) is 3.24 Å². The van der Waals surface area contributed by atoms with Crippen LogP contribution in [0.4, 0.5) is 18.9 Å². The van der Waals surface area contributed by atoms with Crippen LogP contribution in [0.15, 0.2) is 18.2 Å². The zero-order valence-electron chi connectivity index (χ0n) is 12.4. The summed E-state index contributed by atoms with van der Waals surface area (Å²) in [5.41, 5.74) is 0.472. The van der Waals surface area contributed by atoms with Gasteiger partial charge in [-0.15, -0.1) is 0 Å². The number of nitrogens with zero attached hydrogens (tertiary/aromatic N) is 1. The smallest absolute Gasteiger partial charge is 0.371 e. The van der Waals surface area contributed by atoms with E-state index in [1.165, 1.54) is 6.07 Å². The number of anilines is 1. The van der Waals surface area contributed by atoms with E-state index in [0.717, 1.165) is 12.8 Å². The Labute approximate surface area is 132 Å². The molecule has 0 spiro atoms. The molecule has 5 heteroatoms. The Morgan fingerprint density at radius 2 is 1.86 bits per heavy atom. The van der Waals surface area contributed by atoms with Crippen LogP contribution < -0.4 is 4.90 Å². The summed E-state index contributed by atoms with van der Waals surface area (Å²) in [6.45, 7) is 5.79. The number of alkyl halides is 4. The van der Waals surface area contributed by atoms with Gasteiger partial charge in [-0.25, -0.2) is 0 Å². The highest BCUT2D eigenvalue weighted by atomic mass is 79.9. The predicted octanol–water partition coefficient (Wildman–Crippen LogP) is 5.47. The van der Waals surface area contributed by atoms with Gasteiger partial charge in [-0.2, -0.15) is 13.2 Å². The van der Waals surface area contributed by atoms with Crippen molar-refractivity contribution in [2.24, 2.45) is 11.8 Å². The lowest BCUT2D eigenvalue weighted by molar-refractivity contribution is -0.137. The van der Waals surface area contributed by atoms with E-state index < -0.39 is 11.7 Å². The predicted molar refractivity (Wildman–Crippen MR) is 83.9 cm³/mol. The molecule has 0 radical (unpaired) electrons. The molecule has 1 aromatic rings. The van der Waals surface area contributed by atoms with Crippen LogP contribution in [0.2, 0.25) is 0 Å². The Kier molecular flexibility index (Phi) is 5.23. The first-order chi connectivity index (χ1) is 9.82. The quantitative estimate of drug-likeness (QED) is 0.643. The van der Waals surface area contributed by atoms with Gasteiger partial charge in [-0.1, -0.05) is 35.8 Å². The molecule has 1 aliphatic heterocycles. The summed E-state index contributed by atoms with van der Waals surface area (Å²) < 4.78 is 39.8. The lowest BCUT2D eigenvalue weighted by Crippen LogP contribution is -2.36. The van der Waals surface area contributed by atoms with Crippen LogP contribution in [0.25, 0.3) is 0 Å². The normalized spacial score (nSPS) is 17.6. The third-order valence-corrected chi connectivity index (χ3v) is 4.99. The second-order valence-electron chi connectivity index (χ2n) is 6.05. The fourth-order valence-electron chi connectivity index (χ4n) is 2.98. The van der Waals surface area contributed by atoms with Crippen molar-refractivity contribution in [2.75, 3.05) is 18.0 Å². The van der Waals surface area contributed by atoms with E-state index in [1.807, 2.05) is 4.90 Å². The van der Waals surface area contributed by atoms with Crippen LogP contribution in [0, 0.1) is 11.8 Å². The van der Waals surface area contributed by atoms with Crippen molar-refractivity contribution in [3.05, 3.63) is 29.3 Å². The van der Waals surface area contributed by atoms with Crippen LogP contribution in [0.5, 0.6) is 0 Å². The standard InChI is InChI=1S/C16H21BrF3N/c1-11(2)13-5-7-21(8-6-13)15-4-3-12(10-17)9-14(15)16(18,19)20/h3-4,9,11,13H,5-8,10H2,1-2H3. The number of rotatable bonds is 3. The molecule has 0 bridgehead atoms. The fraction of sp³-hybridized carbons (Fsp3) is 0.625. The molecule has 1 aliphatic rings. The average Bonchev–Trinajstić information content (AvgIpc) is 2.46. The Hall–Kier alpha value is -0.710. The second kappa shape index (κ2) is 6.59. The Morgan fingerprint density at radius 3 is 2.33 bits per heavy atom. The highest BCUT2D eigenvalue weighted by Gasteiger charge is 2.36. The summed E-state index contributed by atoms with van der Waals surface area (Å²) in [7, 11) is 0. The molecule has 21 heavy (non-hydrogen) atoms. The molecule has 0 aliphatic carbocycles. The molecule has 0 atom stereocenters. The van der Waals surface area contributed by atoms with Gasteiger partial charge in [0.2, 0.25) is 0 Å². The largest absolute Gasteiger partial charge is 0.418 e. The molecular weight excluding hydrogens is 343 g/mol. The van der Waals surface area contributed by atoms with E-state index in [2.05, 4.69) is 29.8 Å². The molecule has 0 N–H and O–H groups in total. The summed E-state index contributed by atoms with van der Waals surface area (Å²) in [6.07, 6.45) is -2.37. The Balaban J connectivity index is 2.24. The third-order valence-electron chi connectivity index (χ3n) is 4.34. The summed E-state index contributed by atoms with van der Waals surface area (Å²) in [5.74, 6) is 1.22. The van der Waals surface area contributed by atoms with Crippen LogP contribution in [-0.4, -0.2) is 13.1 Å². The summed E-state index contributed by atoms with van der Waals surface area (Å²) in [6, 6.07) is 4.65. The van der Waals surface area contributed by atoms with Gasteiger partial charge in [0.25, 0.3) is 0 Å². The molecule has 0 amide bonds. The van der Waals surface area contributed by atoms with Crippen molar-refractivity contribution in [3.8, 4) is 0 Å². The van der Waals surface area contributed by atoms with E-state index >= 15 is 0 Å². The van der Waals surface area contributed by atoms with Crippen molar-refractivity contribution in [2.45, 2.75) is 38.2 Å². The highest BCUT2D eigenvalue weighted by molar-refractivity contribution is 9.08. The summed E-state index contributed by atoms with van der Waals surface area (Å²) >= 11 is 3.22. The van der Waals surface area contributed by atoms with Crippen LogP contribution in [0.3, 0.4) is 0 Å². The maximum atomic E-state index is 13.3. The maximum absolute atomic E-state index is 13.3. The monoisotopic (exact) mass is 363 g/mol. The molecule has 0 unspecified atom stereocenters. The lowest BCUT2D eigenvalue weighted by atomic mass is 9.86. The van der Waals surface area contributed by atoms with Gasteiger partial charge in [0, 0.05) is 24.1 Å². The molecule has 1 saturated heterocycles. The second-order valence-corrected chi connectivity index (χ2v) is 6.61. The number of benzene rings is 1. The molecule has 1 aromatic carbocycles. The number of hydrogen-bond acceptors (Lipinski definition) is 1. The molecular formula is C16H21BrF3N. The van der Waals surface area contributed by atoms with Gasteiger partial charge in [0.15, 0.2) is 0 Å². The molecule has 118 valence electrons. The van der Waals surface area contributed by atoms with Gasteiger partial charge in [-0.05, 0) is 42.4 Å². The zero-order chi connectivity index (χ0) is 15.6. The first kappa shape index (κ1) is 16.7. The molecule has 0 saturated carbocycles. The summed E-state index contributed by atoms with van der Waals surface area (Å²) in [5, 5.41) is 0.436. The van der Waals surface area contributed by atoms with Gasteiger partial charge in [0.05, 0.1) is 5.56 Å². The fourth-order valence-corrected chi connectivity index (χ4v) is 3.32. The van der Waals surface area contributed by atoms with Crippen molar-refractivity contribution in [3.63, 3.8) is 0 Å². The number of hydrogen-bond donors (Lipinski definition) is 0. The van der Waals surface area contributed by atoms with Crippen molar-refractivity contribution < 1.29 is 13.2 Å². The van der Waals surface area contributed by atoms with E-state index in [1.54, 1.807) is 12.1 Å². The minimum Gasteiger partial charge on any atom is -0.371 e. The van der Waals surface area contributed by atoms with Crippen LogP contribution in [0.1, 0.15) is 37.8 Å². The van der Waals surface area contributed by atoms with Crippen molar-refractivity contribution >= 4 is 21.6 Å². The minimum atomic E-state index is -4.30. The van der Waals surface area contributed by atoms with E-state index in [9.17, 15) is 13.2 Å². The maximum Gasteiger partial charge on any atom is 0.418 e. The molecule has 2 rings (SSSR count). The van der Waals surface area contributed by atoms with Gasteiger partial charge < -0.3 is 4.90 Å². The zero-order valence-corrected chi connectivity index (χ0v) is 14.0. The first-order valence-electron chi connectivity index (χ1n) is 7.34.